The minimum atomic E-state index is -0.391. The van der Waals surface area contributed by atoms with Crippen molar-refractivity contribution in [2.24, 2.45) is 17.4 Å². The van der Waals surface area contributed by atoms with Crippen LogP contribution < -0.4 is 20.9 Å². The van der Waals surface area contributed by atoms with Crippen LogP contribution in [-0.4, -0.2) is 25.2 Å². The molecule has 0 spiro atoms. The molecule has 0 aliphatic rings. The molecule has 118 valence electrons. The third-order valence-electron chi connectivity index (χ3n) is 2.89. The van der Waals surface area contributed by atoms with Gasteiger partial charge in [0.25, 0.3) is 0 Å². The topological polar surface area (TPSA) is 87.6 Å². The summed E-state index contributed by atoms with van der Waals surface area (Å²) in [6.45, 7) is 6.31. The van der Waals surface area contributed by atoms with E-state index in [9.17, 15) is 4.79 Å². The fraction of sp³-hybridized carbons (Fsp3) is 0.533. The molecule has 4 N–H and O–H groups in total. The molecule has 0 heterocycles. The highest BCUT2D eigenvalue weighted by molar-refractivity contribution is 9.10. The van der Waals surface area contributed by atoms with Gasteiger partial charge in [0.05, 0.1) is 23.6 Å². The summed E-state index contributed by atoms with van der Waals surface area (Å²) in [5.74, 6) is 0.463. The van der Waals surface area contributed by atoms with E-state index in [1.165, 1.54) is 0 Å². The first-order chi connectivity index (χ1) is 9.85. The van der Waals surface area contributed by atoms with Crippen LogP contribution in [0.5, 0.6) is 11.5 Å². The van der Waals surface area contributed by atoms with E-state index in [0.29, 0.717) is 18.1 Å². The lowest BCUT2D eigenvalue weighted by atomic mass is 10.1. The number of hydrogen-bond donors (Lipinski definition) is 2. The standard InChI is InChI=1S/C15H23BrN2O3/c1-4-20-13-7-11(5-10(3)17)6-12(16)14(13)21-8-9(2)15(18)19/h6-7,9-10H,4-5,8,17H2,1-3H3,(H2,18,19). The van der Waals surface area contributed by atoms with Crippen LogP contribution in [0.1, 0.15) is 26.3 Å². The van der Waals surface area contributed by atoms with Crippen molar-refractivity contribution in [1.82, 2.24) is 0 Å². The van der Waals surface area contributed by atoms with Crippen LogP contribution in [0.25, 0.3) is 0 Å². The van der Waals surface area contributed by atoms with Crippen molar-refractivity contribution < 1.29 is 14.3 Å². The van der Waals surface area contributed by atoms with Crippen molar-refractivity contribution in [3.05, 3.63) is 22.2 Å². The van der Waals surface area contributed by atoms with Crippen molar-refractivity contribution in [3.8, 4) is 11.5 Å². The first kappa shape index (κ1) is 17.8. The van der Waals surface area contributed by atoms with Crippen LogP contribution in [0, 0.1) is 5.92 Å². The number of halogens is 1. The molecule has 1 rings (SSSR count). The molecular formula is C15H23BrN2O3. The van der Waals surface area contributed by atoms with Crippen molar-refractivity contribution in [2.75, 3.05) is 13.2 Å². The summed E-state index contributed by atoms with van der Waals surface area (Å²) in [6, 6.07) is 3.94. The summed E-state index contributed by atoms with van der Waals surface area (Å²) >= 11 is 3.48. The summed E-state index contributed by atoms with van der Waals surface area (Å²) in [5, 5.41) is 0. The lowest BCUT2D eigenvalue weighted by molar-refractivity contribution is -0.122. The summed E-state index contributed by atoms with van der Waals surface area (Å²) in [7, 11) is 0. The molecular weight excluding hydrogens is 336 g/mol. The average Bonchev–Trinajstić information content (AvgIpc) is 2.36. The lowest BCUT2D eigenvalue weighted by Gasteiger charge is -2.17. The summed E-state index contributed by atoms with van der Waals surface area (Å²) < 4.78 is 12.1. The molecule has 2 unspecified atom stereocenters. The van der Waals surface area contributed by atoms with E-state index in [4.69, 9.17) is 20.9 Å². The number of primary amides is 1. The predicted octanol–water partition coefficient (Wildman–Crippen LogP) is 2.24. The van der Waals surface area contributed by atoms with Gasteiger partial charge in [0.2, 0.25) is 5.91 Å². The Morgan fingerprint density at radius 2 is 2.00 bits per heavy atom. The Bertz CT molecular complexity index is 492. The van der Waals surface area contributed by atoms with Gasteiger partial charge in [-0.3, -0.25) is 4.79 Å². The lowest BCUT2D eigenvalue weighted by Crippen LogP contribution is -2.26. The zero-order chi connectivity index (χ0) is 16.0. The van der Waals surface area contributed by atoms with Gasteiger partial charge in [-0.25, -0.2) is 0 Å². The van der Waals surface area contributed by atoms with Crippen LogP contribution >= 0.6 is 15.9 Å². The maximum Gasteiger partial charge on any atom is 0.223 e. The monoisotopic (exact) mass is 358 g/mol. The van der Waals surface area contributed by atoms with Crippen LogP contribution in [0.3, 0.4) is 0 Å². The van der Waals surface area contributed by atoms with Gasteiger partial charge < -0.3 is 20.9 Å². The Balaban J connectivity index is 2.98. The first-order valence-corrected chi connectivity index (χ1v) is 7.77. The molecule has 1 aromatic carbocycles. The molecule has 1 amide bonds. The van der Waals surface area contributed by atoms with E-state index in [-0.39, 0.29) is 18.6 Å². The van der Waals surface area contributed by atoms with E-state index >= 15 is 0 Å². The Morgan fingerprint density at radius 3 is 2.52 bits per heavy atom. The first-order valence-electron chi connectivity index (χ1n) is 6.98. The highest BCUT2D eigenvalue weighted by Crippen LogP contribution is 2.37. The maximum absolute atomic E-state index is 11.1. The number of rotatable bonds is 8. The molecule has 5 nitrogen and oxygen atoms in total. The number of hydrogen-bond acceptors (Lipinski definition) is 4. The fourth-order valence-electron chi connectivity index (χ4n) is 1.80. The second-order valence-electron chi connectivity index (χ2n) is 5.13. The van der Waals surface area contributed by atoms with Gasteiger partial charge in [-0.1, -0.05) is 6.92 Å². The molecule has 6 heteroatoms. The molecule has 0 aromatic heterocycles. The molecule has 0 aliphatic heterocycles. The molecule has 0 fully saturated rings. The number of carbonyl (C=O) groups excluding carboxylic acids is 1. The number of nitrogens with two attached hydrogens (primary N) is 2. The van der Waals surface area contributed by atoms with Gasteiger partial charge in [0.1, 0.15) is 0 Å². The summed E-state index contributed by atoms with van der Waals surface area (Å²) in [5.41, 5.74) is 12.1. The maximum atomic E-state index is 11.1. The van der Waals surface area contributed by atoms with Gasteiger partial charge in [0.15, 0.2) is 11.5 Å². The van der Waals surface area contributed by atoms with E-state index in [2.05, 4.69) is 15.9 Å². The minimum Gasteiger partial charge on any atom is -0.490 e. The molecule has 1 aromatic rings. The van der Waals surface area contributed by atoms with Gasteiger partial charge in [-0.05, 0) is 53.9 Å². The molecule has 0 aliphatic carbocycles. The van der Waals surface area contributed by atoms with Crippen molar-refractivity contribution >= 4 is 21.8 Å². The van der Waals surface area contributed by atoms with Crippen LogP contribution in [0.2, 0.25) is 0 Å². The van der Waals surface area contributed by atoms with Gasteiger partial charge in [-0.2, -0.15) is 0 Å². The fourth-order valence-corrected chi connectivity index (χ4v) is 2.41. The molecule has 2 atom stereocenters. The molecule has 0 saturated heterocycles. The summed E-state index contributed by atoms with van der Waals surface area (Å²) in [6.07, 6.45) is 0.747. The quantitative estimate of drug-likeness (QED) is 0.745. The highest BCUT2D eigenvalue weighted by Gasteiger charge is 2.16. The third-order valence-corrected chi connectivity index (χ3v) is 3.48. The normalized spacial score (nSPS) is 13.6. The Kier molecular flexibility index (Phi) is 6.98. The van der Waals surface area contributed by atoms with Crippen molar-refractivity contribution in [3.63, 3.8) is 0 Å². The van der Waals surface area contributed by atoms with E-state index in [1.54, 1.807) is 6.92 Å². The Labute approximate surface area is 134 Å². The second kappa shape index (κ2) is 8.24. The Hall–Kier alpha value is -1.27. The second-order valence-corrected chi connectivity index (χ2v) is 5.99. The average molecular weight is 359 g/mol. The molecule has 21 heavy (non-hydrogen) atoms. The number of ether oxygens (including phenoxy) is 2. The minimum absolute atomic E-state index is 0.0630. The molecule has 0 bridgehead atoms. The van der Waals surface area contributed by atoms with Crippen LogP contribution in [0.4, 0.5) is 0 Å². The third kappa shape index (κ3) is 5.55. The summed E-state index contributed by atoms with van der Waals surface area (Å²) in [4.78, 5) is 11.1. The highest BCUT2D eigenvalue weighted by atomic mass is 79.9. The number of amides is 1. The van der Waals surface area contributed by atoms with Crippen LogP contribution in [-0.2, 0) is 11.2 Å². The van der Waals surface area contributed by atoms with Gasteiger partial charge >= 0.3 is 0 Å². The van der Waals surface area contributed by atoms with E-state index < -0.39 is 5.91 Å². The zero-order valence-electron chi connectivity index (χ0n) is 12.7. The van der Waals surface area contributed by atoms with Gasteiger partial charge in [-0.15, -0.1) is 0 Å². The van der Waals surface area contributed by atoms with Crippen molar-refractivity contribution in [2.45, 2.75) is 33.2 Å². The number of carbonyl (C=O) groups is 1. The smallest absolute Gasteiger partial charge is 0.223 e. The molecule has 0 radical (unpaired) electrons. The SMILES string of the molecule is CCOc1cc(CC(C)N)cc(Br)c1OCC(C)C(N)=O. The zero-order valence-corrected chi connectivity index (χ0v) is 14.3. The van der Waals surface area contributed by atoms with E-state index in [0.717, 1.165) is 16.5 Å². The van der Waals surface area contributed by atoms with E-state index in [1.807, 2.05) is 26.0 Å². The molecule has 0 saturated carbocycles. The number of benzene rings is 1. The van der Waals surface area contributed by atoms with Crippen molar-refractivity contribution in [1.29, 1.82) is 0 Å². The van der Waals surface area contributed by atoms with Crippen LogP contribution in [0.15, 0.2) is 16.6 Å². The predicted molar refractivity (Wildman–Crippen MR) is 86.5 cm³/mol. The largest absolute Gasteiger partial charge is 0.490 e. The Morgan fingerprint density at radius 1 is 1.33 bits per heavy atom. The van der Waals surface area contributed by atoms with Gasteiger partial charge in [0, 0.05) is 6.04 Å².